The van der Waals surface area contributed by atoms with Gasteiger partial charge in [-0.1, -0.05) is 45.9 Å². The highest BCUT2D eigenvalue weighted by molar-refractivity contribution is 5.72. The number of aliphatic hydroxyl groups excluding tert-OH is 1. The molecule has 162 valence electrons. The lowest BCUT2D eigenvalue weighted by atomic mass is 9.65. The zero-order chi connectivity index (χ0) is 27.9. The number of carbonyl (C=O) groups excluding carboxylic acids is 2. The molecule has 0 aromatic heterocycles. The van der Waals surface area contributed by atoms with E-state index in [-0.39, 0.29) is 30.1 Å². The Kier molecular flexibility index (Phi) is 4.45. The lowest BCUT2D eigenvalue weighted by Crippen LogP contribution is -2.42. The van der Waals surface area contributed by atoms with Gasteiger partial charge in [0.05, 0.1) is 18.4 Å². The van der Waals surface area contributed by atoms with Gasteiger partial charge in [0.15, 0.2) is 0 Å². The summed E-state index contributed by atoms with van der Waals surface area (Å²) in [6.45, 7) is 2.28. The third-order valence-corrected chi connectivity index (χ3v) is 6.28. The summed E-state index contributed by atoms with van der Waals surface area (Å²) in [4.78, 5) is 25.1. The molecule has 0 amide bonds. The number of aliphatic hydroxyl groups is 1. The van der Waals surface area contributed by atoms with E-state index in [9.17, 15) is 9.59 Å². The molecule has 1 saturated heterocycles. The highest BCUT2D eigenvalue weighted by Crippen LogP contribution is 2.45. The van der Waals surface area contributed by atoms with Gasteiger partial charge < -0.3 is 14.6 Å². The maximum atomic E-state index is 13.0. The Morgan fingerprint density at radius 1 is 1.48 bits per heavy atom. The molecule has 0 bridgehead atoms. The maximum absolute atomic E-state index is 13.0. The van der Waals surface area contributed by atoms with E-state index in [1.165, 1.54) is 6.92 Å². The minimum atomic E-state index is -2.98. The van der Waals surface area contributed by atoms with Crippen molar-refractivity contribution < 1.29 is 33.8 Å². The number of carbonyl (C=O) groups is 2. The van der Waals surface area contributed by atoms with Gasteiger partial charge in [-0.05, 0) is 49.0 Å². The van der Waals surface area contributed by atoms with Crippen molar-refractivity contribution in [3.05, 3.63) is 23.8 Å². The summed E-state index contributed by atoms with van der Waals surface area (Å²) in [6, 6.07) is 0. The van der Waals surface area contributed by atoms with E-state index in [4.69, 9.17) is 20.5 Å². The largest absolute Gasteiger partial charge is 0.462 e. The number of rotatable bonds is 7. The van der Waals surface area contributed by atoms with Gasteiger partial charge in [-0.3, -0.25) is 9.59 Å². The second-order valence-corrected chi connectivity index (χ2v) is 8.60. The number of hydrogen-bond acceptors (Lipinski definition) is 5. The third kappa shape index (κ3) is 5.30. The van der Waals surface area contributed by atoms with Crippen LogP contribution >= 0.6 is 0 Å². The molecule has 3 aliphatic rings. The van der Waals surface area contributed by atoms with Crippen LogP contribution in [0.5, 0.6) is 0 Å². The number of esters is 2. The van der Waals surface area contributed by atoms with Crippen LogP contribution in [-0.2, 0) is 19.1 Å². The summed E-state index contributed by atoms with van der Waals surface area (Å²) in [7, 11) is 0. The predicted octanol–water partition coefficient (Wildman–Crippen LogP) is 4.20. The fraction of sp³-hybridized carbons (Fsp3) is 0.750. The van der Waals surface area contributed by atoms with E-state index >= 15 is 0 Å². The van der Waals surface area contributed by atoms with Gasteiger partial charge in [0.2, 0.25) is 1.43 Å². The van der Waals surface area contributed by atoms with Gasteiger partial charge in [0, 0.05) is 21.9 Å². The third-order valence-electron chi connectivity index (χ3n) is 6.28. The van der Waals surface area contributed by atoms with Crippen LogP contribution in [0.25, 0.3) is 0 Å². The van der Waals surface area contributed by atoms with E-state index in [0.717, 1.165) is 5.57 Å². The van der Waals surface area contributed by atoms with Crippen molar-refractivity contribution in [2.24, 2.45) is 29.6 Å². The first kappa shape index (κ1) is 13.6. The van der Waals surface area contributed by atoms with Crippen LogP contribution in [-0.4, -0.2) is 36.8 Å². The lowest BCUT2D eigenvalue weighted by molar-refractivity contribution is -0.162. The average molecular weight is 413 g/mol. The molecule has 8 atom stereocenters. The molecule has 3 rings (SSSR count). The van der Waals surface area contributed by atoms with E-state index < -0.39 is 55.8 Å². The van der Waals surface area contributed by atoms with Crippen LogP contribution in [0, 0.1) is 29.6 Å². The zero-order valence-electron chi connectivity index (χ0n) is 25.2. The second-order valence-electron chi connectivity index (χ2n) is 8.60. The molecule has 0 saturated carbocycles. The zero-order valence-corrected chi connectivity index (χ0v) is 17.2. The molecule has 0 aromatic carbocycles. The second kappa shape index (κ2) is 9.46. The van der Waals surface area contributed by atoms with Gasteiger partial charge in [-0.25, -0.2) is 0 Å². The van der Waals surface area contributed by atoms with Crippen molar-refractivity contribution >= 4 is 11.9 Å². The molecule has 0 spiro atoms. The summed E-state index contributed by atoms with van der Waals surface area (Å²) in [6.07, 6.45) is 0.181. The van der Waals surface area contributed by atoms with Crippen molar-refractivity contribution in [2.75, 3.05) is 0 Å². The van der Waals surface area contributed by atoms with E-state index in [0.29, 0.717) is 19.3 Å². The summed E-state index contributed by atoms with van der Waals surface area (Å²) >= 11 is 0. The fourth-order valence-corrected chi connectivity index (χ4v) is 4.75. The van der Waals surface area contributed by atoms with Gasteiger partial charge in [0.1, 0.15) is 12.2 Å². The summed E-state index contributed by atoms with van der Waals surface area (Å²) in [5.74, 6) is -3.48. The van der Waals surface area contributed by atoms with Crippen LogP contribution in [0.1, 0.15) is 75.6 Å². The number of allylic oxidation sites excluding steroid dienone is 3. The fourth-order valence-electron chi connectivity index (χ4n) is 4.75. The quantitative estimate of drug-likeness (QED) is 0.635. The Labute approximate surface area is 185 Å². The van der Waals surface area contributed by atoms with Gasteiger partial charge in [-0.15, -0.1) is 0 Å². The number of cyclic esters (lactones) is 1. The molecule has 5 heteroatoms. The summed E-state index contributed by atoms with van der Waals surface area (Å²) in [5.41, 5.74) is 0.996. The topological polar surface area (TPSA) is 72.8 Å². The molecular formula is C24H36O5. The van der Waals surface area contributed by atoms with Crippen LogP contribution in [0.4, 0.5) is 0 Å². The van der Waals surface area contributed by atoms with E-state index in [2.05, 4.69) is 17.3 Å². The Bertz CT molecular complexity index is 931. The highest BCUT2D eigenvalue weighted by Gasteiger charge is 2.42. The Morgan fingerprint density at radius 2 is 2.31 bits per heavy atom. The first-order valence-electron chi connectivity index (χ1n) is 14.3. The Hall–Kier alpha value is -1.62. The Balaban J connectivity index is 1.78. The number of ether oxygens (including phenoxy) is 2. The molecule has 29 heavy (non-hydrogen) atoms. The Morgan fingerprint density at radius 3 is 3.07 bits per heavy atom. The predicted molar refractivity (Wildman–Crippen MR) is 111 cm³/mol. The molecule has 2 aliphatic carbocycles. The highest BCUT2D eigenvalue weighted by atomic mass is 16.5. The number of fused-ring (bicyclic) bond motifs is 1. The average Bonchev–Trinajstić information content (AvgIpc) is 2.79. The van der Waals surface area contributed by atoms with Crippen molar-refractivity contribution in [1.29, 1.82) is 1.43 Å². The van der Waals surface area contributed by atoms with Crippen LogP contribution in [0.3, 0.4) is 0 Å². The molecule has 1 unspecified atom stereocenters. The van der Waals surface area contributed by atoms with E-state index in [1.54, 1.807) is 0 Å². The standard InChI is InChI=1S/C24H36O5/c1-5-15(3)24(27)29-21-11-14(2)10-17-7-6-16(4)20(23(17)21)9-8-19-12-18(25)13-22(26)28-19/h6-7,10,14-16,18-21,23,25H,5,8-9,11-13H2,1-4H3/t14-,15-,16-,18+,19?,20-,21-,23-/m0/s1/i1D3,5D2,13D2,25D. The summed E-state index contributed by atoms with van der Waals surface area (Å²) in [5, 5.41) is 4.48. The van der Waals surface area contributed by atoms with E-state index in [1.807, 2.05) is 19.9 Å². The van der Waals surface area contributed by atoms with Gasteiger partial charge >= 0.3 is 11.9 Å². The first-order valence-corrected chi connectivity index (χ1v) is 10.4. The molecule has 5 nitrogen and oxygen atoms in total. The van der Waals surface area contributed by atoms with Crippen LogP contribution in [0.2, 0.25) is 0 Å². The van der Waals surface area contributed by atoms with Crippen molar-refractivity contribution in [3.8, 4) is 0 Å². The molecule has 0 radical (unpaired) electrons. The smallest absolute Gasteiger partial charge is 0.308 e. The first-order chi connectivity index (χ1) is 17.0. The molecule has 0 aromatic rings. The van der Waals surface area contributed by atoms with Gasteiger partial charge in [-0.2, -0.15) is 0 Å². The number of hydrogen-bond donors (Lipinski definition) is 1. The maximum Gasteiger partial charge on any atom is 0.308 e. The van der Waals surface area contributed by atoms with Crippen LogP contribution < -0.4 is 0 Å². The normalized spacial score (nSPS) is 44.6. The molecule has 1 heterocycles. The SMILES string of the molecule is [2H]O[C@@H]1CC(CC[C@@H]2[C@@H]3C(=C[C@H](C)C[C@@H]3OC(=O)[C@@H](C)C([2H])([2H])C([2H])([2H])[2H])C=C[C@@H]2C)OC(=O)C1([2H])[2H]. The van der Waals surface area contributed by atoms with Crippen molar-refractivity contribution in [3.63, 3.8) is 0 Å². The lowest BCUT2D eigenvalue weighted by Gasteiger charge is -2.43. The van der Waals surface area contributed by atoms with Crippen molar-refractivity contribution in [2.45, 2.75) is 84.4 Å². The summed E-state index contributed by atoms with van der Waals surface area (Å²) < 4.78 is 72.3. The van der Waals surface area contributed by atoms with Crippen molar-refractivity contribution in [1.82, 2.24) is 0 Å². The monoisotopic (exact) mass is 412 g/mol. The molecule has 1 fully saturated rings. The minimum absolute atomic E-state index is 0.0241. The molecule has 1 aliphatic heterocycles. The molecular weight excluding hydrogens is 368 g/mol. The molecule has 1 N–H and O–H groups in total. The van der Waals surface area contributed by atoms with Crippen LogP contribution in [0.15, 0.2) is 23.8 Å². The minimum Gasteiger partial charge on any atom is -0.462 e. The van der Waals surface area contributed by atoms with Gasteiger partial charge in [0.25, 0.3) is 0 Å².